The first-order valence-corrected chi connectivity index (χ1v) is 18.4. The maximum atomic E-state index is 14.7. The lowest BCUT2D eigenvalue weighted by Gasteiger charge is -2.34. The van der Waals surface area contributed by atoms with Crippen LogP contribution in [0.25, 0.3) is 0 Å². The molecule has 1 N–H and O–H groups in total. The Labute approximate surface area is 298 Å². The second-order valence-electron chi connectivity index (χ2n) is 11.9. The van der Waals surface area contributed by atoms with Crippen molar-refractivity contribution >= 4 is 43.5 Å². The molecule has 0 spiro atoms. The van der Waals surface area contributed by atoms with Crippen LogP contribution in [-0.4, -0.2) is 58.5 Å². The van der Waals surface area contributed by atoms with Gasteiger partial charge in [0.05, 0.1) is 24.8 Å². The number of nitrogens with one attached hydrogen (secondary N) is 1. The number of hydrogen-bond acceptors (Lipinski definition) is 6. The Hall–Kier alpha value is -4.35. The Bertz CT molecular complexity index is 1810. The van der Waals surface area contributed by atoms with Gasteiger partial charge in [-0.2, -0.15) is 0 Å². The van der Waals surface area contributed by atoms with Crippen LogP contribution in [0.1, 0.15) is 42.0 Å². The molecule has 49 heavy (non-hydrogen) atoms. The number of ether oxygens (including phenoxy) is 2. The fraction of sp³-hybridized carbons (Fsp3) is 0.316. The monoisotopic (exact) mass is 749 g/mol. The number of halogens is 1. The number of hydrogen-bond donors (Lipinski definition) is 1. The van der Waals surface area contributed by atoms with Gasteiger partial charge < -0.3 is 19.7 Å². The van der Waals surface area contributed by atoms with E-state index in [9.17, 15) is 18.0 Å². The van der Waals surface area contributed by atoms with Crippen molar-refractivity contribution in [3.63, 3.8) is 0 Å². The summed E-state index contributed by atoms with van der Waals surface area (Å²) in [5.41, 5.74) is 3.65. The van der Waals surface area contributed by atoms with Crippen LogP contribution in [0.4, 0.5) is 5.69 Å². The van der Waals surface area contributed by atoms with Crippen LogP contribution in [-0.2, 0) is 32.6 Å². The maximum absolute atomic E-state index is 14.7. The number of carbonyl (C=O) groups is 2. The number of amides is 2. The molecule has 0 saturated carbocycles. The fourth-order valence-corrected chi connectivity index (χ4v) is 7.25. The molecule has 0 aliphatic carbocycles. The summed E-state index contributed by atoms with van der Waals surface area (Å²) in [6.45, 7) is 5.78. The van der Waals surface area contributed by atoms with Crippen molar-refractivity contribution in [2.45, 2.75) is 57.5 Å². The summed E-state index contributed by atoms with van der Waals surface area (Å²) in [7, 11) is -1.43. The summed E-state index contributed by atoms with van der Waals surface area (Å²) in [4.78, 5) is 30.1. The molecule has 0 aliphatic rings. The summed E-state index contributed by atoms with van der Waals surface area (Å²) in [6.07, 6.45) is 1.92. The quantitative estimate of drug-likeness (QED) is 0.126. The summed E-state index contributed by atoms with van der Waals surface area (Å²) in [5.74, 6) is -0.228. The minimum atomic E-state index is -4.33. The second-order valence-corrected chi connectivity index (χ2v) is 14.7. The van der Waals surface area contributed by atoms with E-state index < -0.39 is 28.5 Å². The van der Waals surface area contributed by atoms with Crippen LogP contribution in [0, 0.1) is 13.8 Å². The molecule has 0 saturated heterocycles. The van der Waals surface area contributed by atoms with Crippen LogP contribution in [0.15, 0.2) is 100 Å². The van der Waals surface area contributed by atoms with Crippen LogP contribution in [0.5, 0.6) is 11.5 Å². The topological polar surface area (TPSA) is 105 Å². The predicted octanol–water partition coefficient (Wildman–Crippen LogP) is 6.83. The van der Waals surface area contributed by atoms with Crippen LogP contribution in [0.3, 0.4) is 0 Å². The molecule has 0 fully saturated rings. The molecule has 2 amide bonds. The molecule has 0 radical (unpaired) electrons. The van der Waals surface area contributed by atoms with Gasteiger partial charge in [0.25, 0.3) is 10.0 Å². The Morgan fingerprint density at radius 3 is 2.10 bits per heavy atom. The normalized spacial score (nSPS) is 11.8. The third kappa shape index (κ3) is 9.86. The van der Waals surface area contributed by atoms with Gasteiger partial charge in [0, 0.05) is 30.0 Å². The van der Waals surface area contributed by atoms with Gasteiger partial charge in [0.2, 0.25) is 11.8 Å². The zero-order valence-corrected chi connectivity index (χ0v) is 31.0. The molecular weight excluding hydrogens is 706 g/mol. The van der Waals surface area contributed by atoms with Gasteiger partial charge in [-0.15, -0.1) is 0 Å². The number of benzene rings is 4. The number of unbranched alkanes of at least 4 members (excludes halogenated alkanes) is 1. The van der Waals surface area contributed by atoms with Crippen molar-refractivity contribution < 1.29 is 27.5 Å². The molecule has 9 nitrogen and oxygen atoms in total. The van der Waals surface area contributed by atoms with Gasteiger partial charge in [-0.3, -0.25) is 13.9 Å². The molecule has 11 heteroatoms. The van der Waals surface area contributed by atoms with Gasteiger partial charge in [-0.25, -0.2) is 8.42 Å². The smallest absolute Gasteiger partial charge is 0.264 e. The molecule has 4 aromatic carbocycles. The summed E-state index contributed by atoms with van der Waals surface area (Å²) in [6, 6.07) is 25.8. The van der Waals surface area contributed by atoms with Crippen molar-refractivity contribution in [3.05, 3.63) is 118 Å². The number of aryl methyl sites for hydroxylation is 2. The van der Waals surface area contributed by atoms with E-state index >= 15 is 0 Å². The number of carbonyl (C=O) groups excluding carboxylic acids is 2. The van der Waals surface area contributed by atoms with E-state index in [1.165, 1.54) is 37.3 Å². The van der Waals surface area contributed by atoms with E-state index in [-0.39, 0.29) is 29.5 Å². The molecule has 0 unspecified atom stereocenters. The maximum Gasteiger partial charge on any atom is 0.264 e. The number of nitrogens with zero attached hydrogens (tertiary/aromatic N) is 2. The Kier molecular flexibility index (Phi) is 13.3. The zero-order valence-electron chi connectivity index (χ0n) is 28.6. The third-order valence-electron chi connectivity index (χ3n) is 8.08. The lowest BCUT2D eigenvalue weighted by atomic mass is 10.0. The molecule has 0 aliphatic heterocycles. The standard InChI is InChI=1S/C38H44BrN3O6S/c1-6-7-19-40-38(44)34(23-29-11-9-8-10-12-29)41(25-30-13-15-31(39)16-14-30)37(43)26-42(32-21-27(2)20-28(3)22-32)49(45,46)33-17-18-35(47-4)36(24-33)48-5/h8-18,20-22,24,34H,6-7,19,23,25-26H2,1-5H3,(H,40,44)/t34-/m0/s1. The Morgan fingerprint density at radius 2 is 1.49 bits per heavy atom. The molecule has 0 bridgehead atoms. The highest BCUT2D eigenvalue weighted by Gasteiger charge is 2.35. The average Bonchev–Trinajstić information content (AvgIpc) is 3.09. The van der Waals surface area contributed by atoms with Gasteiger partial charge in [-0.1, -0.05) is 77.8 Å². The van der Waals surface area contributed by atoms with E-state index in [0.717, 1.165) is 43.9 Å². The predicted molar refractivity (Wildman–Crippen MR) is 197 cm³/mol. The Balaban J connectivity index is 1.84. The van der Waals surface area contributed by atoms with E-state index in [1.807, 2.05) is 81.4 Å². The molecule has 260 valence electrons. The lowest BCUT2D eigenvalue weighted by Crippen LogP contribution is -2.53. The SMILES string of the molecule is CCCCNC(=O)[C@H](Cc1ccccc1)N(Cc1ccc(Br)cc1)C(=O)CN(c1cc(C)cc(C)c1)S(=O)(=O)c1ccc(OC)c(OC)c1. The molecule has 4 aromatic rings. The summed E-state index contributed by atoms with van der Waals surface area (Å²) in [5, 5.41) is 3.02. The highest BCUT2D eigenvalue weighted by atomic mass is 79.9. The number of rotatable bonds is 16. The van der Waals surface area contributed by atoms with Crippen molar-refractivity contribution in [1.29, 1.82) is 0 Å². The average molecular weight is 751 g/mol. The van der Waals surface area contributed by atoms with Crippen molar-refractivity contribution in [3.8, 4) is 11.5 Å². The van der Waals surface area contributed by atoms with E-state index in [1.54, 1.807) is 12.1 Å². The van der Waals surface area contributed by atoms with E-state index in [2.05, 4.69) is 21.2 Å². The van der Waals surface area contributed by atoms with Crippen molar-refractivity contribution in [2.75, 3.05) is 31.6 Å². The second kappa shape index (κ2) is 17.3. The molecule has 0 aromatic heterocycles. The summed E-state index contributed by atoms with van der Waals surface area (Å²) < 4.78 is 41.8. The zero-order chi connectivity index (χ0) is 35.6. The van der Waals surface area contributed by atoms with Crippen LogP contribution < -0.4 is 19.1 Å². The van der Waals surface area contributed by atoms with Crippen molar-refractivity contribution in [1.82, 2.24) is 10.2 Å². The summed E-state index contributed by atoms with van der Waals surface area (Å²) >= 11 is 3.47. The first-order chi connectivity index (χ1) is 23.5. The highest BCUT2D eigenvalue weighted by Crippen LogP contribution is 2.33. The Morgan fingerprint density at radius 1 is 0.837 bits per heavy atom. The van der Waals surface area contributed by atoms with Gasteiger partial charge in [0.15, 0.2) is 11.5 Å². The lowest BCUT2D eigenvalue weighted by molar-refractivity contribution is -0.140. The van der Waals surface area contributed by atoms with Crippen LogP contribution in [0.2, 0.25) is 0 Å². The number of methoxy groups -OCH3 is 2. The van der Waals surface area contributed by atoms with Gasteiger partial charge >= 0.3 is 0 Å². The van der Waals surface area contributed by atoms with Gasteiger partial charge in [0.1, 0.15) is 12.6 Å². The van der Waals surface area contributed by atoms with Gasteiger partial charge in [-0.05, 0) is 78.9 Å². The number of sulfonamides is 1. The minimum Gasteiger partial charge on any atom is -0.493 e. The molecule has 0 heterocycles. The van der Waals surface area contributed by atoms with Crippen LogP contribution >= 0.6 is 15.9 Å². The highest BCUT2D eigenvalue weighted by molar-refractivity contribution is 9.10. The largest absolute Gasteiger partial charge is 0.493 e. The minimum absolute atomic E-state index is 0.0743. The fourth-order valence-electron chi connectivity index (χ4n) is 5.57. The third-order valence-corrected chi connectivity index (χ3v) is 10.4. The molecular formula is C38H44BrN3O6S. The van der Waals surface area contributed by atoms with E-state index in [0.29, 0.717) is 18.0 Å². The molecule has 4 rings (SSSR count). The first-order valence-electron chi connectivity index (χ1n) is 16.2. The first kappa shape index (κ1) is 37.5. The molecule has 1 atom stereocenters. The van der Waals surface area contributed by atoms with E-state index in [4.69, 9.17) is 9.47 Å². The van der Waals surface area contributed by atoms with Crippen molar-refractivity contribution in [2.24, 2.45) is 0 Å². The number of anilines is 1.